The summed E-state index contributed by atoms with van der Waals surface area (Å²) < 4.78 is 5.44. The summed E-state index contributed by atoms with van der Waals surface area (Å²) in [4.78, 5) is 23.4. The number of carbonyl (C=O) groups is 2. The van der Waals surface area contributed by atoms with Crippen molar-refractivity contribution >= 4 is 17.4 Å². The number of anilines is 1. The molecule has 18 heavy (non-hydrogen) atoms. The predicted molar refractivity (Wildman–Crippen MR) is 69.0 cm³/mol. The van der Waals surface area contributed by atoms with Crippen molar-refractivity contribution in [3.63, 3.8) is 0 Å². The molecule has 0 aliphatic carbocycles. The van der Waals surface area contributed by atoms with Crippen LogP contribution in [0.4, 0.5) is 5.69 Å². The third kappa shape index (κ3) is 2.53. The third-order valence-corrected chi connectivity index (χ3v) is 2.99. The molecule has 0 fully saturated rings. The van der Waals surface area contributed by atoms with Crippen LogP contribution in [0.3, 0.4) is 0 Å². The summed E-state index contributed by atoms with van der Waals surface area (Å²) in [5.74, 6) is 0.544. The van der Waals surface area contributed by atoms with Crippen LogP contribution in [0.1, 0.15) is 43.5 Å². The van der Waals surface area contributed by atoms with Crippen LogP contribution >= 0.6 is 0 Å². The number of benzene rings is 1. The highest BCUT2D eigenvalue weighted by atomic mass is 16.5. The van der Waals surface area contributed by atoms with Crippen molar-refractivity contribution in [3.05, 3.63) is 23.8 Å². The predicted octanol–water partition coefficient (Wildman–Crippen LogP) is 2.78. The van der Waals surface area contributed by atoms with Crippen molar-refractivity contribution in [3.8, 4) is 5.75 Å². The Kier molecular flexibility index (Phi) is 3.65. The monoisotopic (exact) mass is 247 g/mol. The SMILES string of the molecule is CCCCC(=O)c1ccc2c(c1)NC(=O)C(C)O2. The zero-order valence-corrected chi connectivity index (χ0v) is 10.7. The zero-order chi connectivity index (χ0) is 13.1. The quantitative estimate of drug-likeness (QED) is 0.832. The smallest absolute Gasteiger partial charge is 0.265 e. The van der Waals surface area contributed by atoms with Gasteiger partial charge in [0.15, 0.2) is 11.9 Å². The Balaban J connectivity index is 2.19. The van der Waals surface area contributed by atoms with Gasteiger partial charge in [0.25, 0.3) is 5.91 Å². The number of ketones is 1. The molecule has 2 rings (SSSR count). The number of amides is 1. The summed E-state index contributed by atoms with van der Waals surface area (Å²) in [6.45, 7) is 3.74. The first kappa shape index (κ1) is 12.6. The van der Waals surface area contributed by atoms with Gasteiger partial charge in [-0.15, -0.1) is 0 Å². The minimum Gasteiger partial charge on any atom is -0.479 e. The van der Waals surface area contributed by atoms with E-state index in [0.717, 1.165) is 12.8 Å². The number of nitrogens with one attached hydrogen (secondary N) is 1. The highest BCUT2D eigenvalue weighted by Crippen LogP contribution is 2.30. The number of fused-ring (bicyclic) bond motifs is 1. The van der Waals surface area contributed by atoms with Gasteiger partial charge in [-0.05, 0) is 31.5 Å². The minimum atomic E-state index is -0.487. The fourth-order valence-corrected chi connectivity index (χ4v) is 1.86. The average molecular weight is 247 g/mol. The van der Waals surface area contributed by atoms with Crippen molar-refractivity contribution in [2.24, 2.45) is 0 Å². The zero-order valence-electron chi connectivity index (χ0n) is 10.7. The van der Waals surface area contributed by atoms with Crippen LogP contribution in [0.15, 0.2) is 18.2 Å². The Morgan fingerprint density at radius 2 is 2.22 bits per heavy atom. The molecule has 1 aromatic carbocycles. The van der Waals surface area contributed by atoms with Gasteiger partial charge >= 0.3 is 0 Å². The van der Waals surface area contributed by atoms with Crippen molar-refractivity contribution in [2.45, 2.75) is 39.2 Å². The normalized spacial score (nSPS) is 17.7. The molecule has 1 aliphatic heterocycles. The first-order chi connectivity index (χ1) is 8.61. The standard InChI is InChI=1S/C14H17NO3/c1-3-4-5-12(16)10-6-7-13-11(8-10)15-14(17)9(2)18-13/h6-9H,3-5H2,1-2H3,(H,15,17). The second-order valence-electron chi connectivity index (χ2n) is 4.49. The summed E-state index contributed by atoms with van der Waals surface area (Å²) >= 11 is 0. The number of Topliss-reactive ketones (excluding diaryl/α,β-unsaturated/α-hetero) is 1. The van der Waals surface area contributed by atoms with E-state index in [9.17, 15) is 9.59 Å². The van der Waals surface area contributed by atoms with Crippen LogP contribution in [-0.4, -0.2) is 17.8 Å². The van der Waals surface area contributed by atoms with Crippen molar-refractivity contribution in [1.29, 1.82) is 0 Å². The molecule has 4 heteroatoms. The average Bonchev–Trinajstić information content (AvgIpc) is 2.36. The maximum atomic E-state index is 11.9. The van der Waals surface area contributed by atoms with Gasteiger partial charge in [0.05, 0.1) is 5.69 Å². The number of rotatable bonds is 4. The molecule has 1 amide bonds. The molecule has 0 spiro atoms. The second-order valence-corrected chi connectivity index (χ2v) is 4.49. The lowest BCUT2D eigenvalue weighted by molar-refractivity contribution is -0.122. The van der Waals surface area contributed by atoms with Crippen LogP contribution in [0.2, 0.25) is 0 Å². The molecule has 1 N–H and O–H groups in total. The molecule has 1 unspecified atom stereocenters. The van der Waals surface area contributed by atoms with E-state index in [0.29, 0.717) is 23.4 Å². The molecular weight excluding hydrogens is 230 g/mol. The maximum Gasteiger partial charge on any atom is 0.265 e. The highest BCUT2D eigenvalue weighted by molar-refractivity contribution is 6.01. The van der Waals surface area contributed by atoms with Crippen LogP contribution in [0, 0.1) is 0 Å². The van der Waals surface area contributed by atoms with E-state index in [2.05, 4.69) is 12.2 Å². The minimum absolute atomic E-state index is 0.104. The Morgan fingerprint density at radius 1 is 1.44 bits per heavy atom. The molecule has 1 aromatic rings. The molecule has 1 heterocycles. The van der Waals surface area contributed by atoms with Crippen LogP contribution in [0.5, 0.6) is 5.75 Å². The van der Waals surface area contributed by atoms with Gasteiger partial charge < -0.3 is 10.1 Å². The topological polar surface area (TPSA) is 55.4 Å². The number of hydrogen-bond acceptors (Lipinski definition) is 3. The van der Waals surface area contributed by atoms with Gasteiger partial charge in [0.1, 0.15) is 5.75 Å². The summed E-state index contributed by atoms with van der Waals surface area (Å²) in [6.07, 6.45) is 1.93. The fourth-order valence-electron chi connectivity index (χ4n) is 1.86. The molecule has 0 radical (unpaired) electrons. The van der Waals surface area contributed by atoms with Gasteiger partial charge in [0.2, 0.25) is 0 Å². The Morgan fingerprint density at radius 3 is 2.94 bits per heavy atom. The Labute approximate surface area is 106 Å². The molecule has 0 bridgehead atoms. The lowest BCUT2D eigenvalue weighted by Gasteiger charge is -2.23. The van der Waals surface area contributed by atoms with Crippen molar-refractivity contribution < 1.29 is 14.3 Å². The molecular formula is C14H17NO3. The number of hydrogen-bond donors (Lipinski definition) is 1. The Hall–Kier alpha value is -1.84. The largest absolute Gasteiger partial charge is 0.479 e. The first-order valence-electron chi connectivity index (χ1n) is 6.26. The van der Waals surface area contributed by atoms with E-state index in [-0.39, 0.29) is 11.7 Å². The van der Waals surface area contributed by atoms with E-state index in [1.54, 1.807) is 25.1 Å². The van der Waals surface area contributed by atoms with Crippen molar-refractivity contribution in [2.75, 3.05) is 5.32 Å². The maximum absolute atomic E-state index is 11.9. The Bertz CT molecular complexity index is 482. The van der Waals surface area contributed by atoms with Crippen LogP contribution < -0.4 is 10.1 Å². The highest BCUT2D eigenvalue weighted by Gasteiger charge is 2.24. The number of ether oxygens (including phenoxy) is 1. The molecule has 0 saturated carbocycles. The first-order valence-corrected chi connectivity index (χ1v) is 6.26. The molecule has 1 atom stereocenters. The van der Waals surface area contributed by atoms with E-state index < -0.39 is 6.10 Å². The van der Waals surface area contributed by atoms with Crippen LogP contribution in [-0.2, 0) is 4.79 Å². The van der Waals surface area contributed by atoms with E-state index in [4.69, 9.17) is 4.74 Å². The molecule has 0 aromatic heterocycles. The van der Waals surface area contributed by atoms with Gasteiger partial charge in [-0.3, -0.25) is 9.59 Å². The molecule has 0 saturated heterocycles. The van der Waals surface area contributed by atoms with Gasteiger partial charge in [-0.25, -0.2) is 0 Å². The molecule has 4 nitrogen and oxygen atoms in total. The summed E-state index contributed by atoms with van der Waals surface area (Å²) in [5.41, 5.74) is 1.21. The lowest BCUT2D eigenvalue weighted by atomic mass is 10.0. The van der Waals surface area contributed by atoms with Crippen molar-refractivity contribution in [1.82, 2.24) is 0 Å². The van der Waals surface area contributed by atoms with Crippen LogP contribution in [0.25, 0.3) is 0 Å². The summed E-state index contributed by atoms with van der Waals surface area (Å²) in [7, 11) is 0. The molecule has 96 valence electrons. The summed E-state index contributed by atoms with van der Waals surface area (Å²) in [5, 5.41) is 2.74. The van der Waals surface area contributed by atoms with Gasteiger partial charge in [-0.1, -0.05) is 13.3 Å². The van der Waals surface area contributed by atoms with E-state index >= 15 is 0 Å². The third-order valence-electron chi connectivity index (χ3n) is 2.99. The molecule has 1 aliphatic rings. The van der Waals surface area contributed by atoms with E-state index in [1.807, 2.05) is 0 Å². The fraction of sp³-hybridized carbons (Fsp3) is 0.429. The second kappa shape index (κ2) is 5.21. The van der Waals surface area contributed by atoms with Gasteiger partial charge in [-0.2, -0.15) is 0 Å². The van der Waals surface area contributed by atoms with E-state index in [1.165, 1.54) is 0 Å². The number of carbonyl (C=O) groups excluding carboxylic acids is 2. The van der Waals surface area contributed by atoms with Gasteiger partial charge in [0, 0.05) is 12.0 Å². The number of unbranched alkanes of at least 4 members (excludes halogenated alkanes) is 1. The lowest BCUT2D eigenvalue weighted by Crippen LogP contribution is -2.34. The summed E-state index contributed by atoms with van der Waals surface area (Å²) in [6, 6.07) is 5.18.